The minimum absolute atomic E-state index is 0.274. The smallest absolute Gasteiger partial charge is 0.340 e. The highest BCUT2D eigenvalue weighted by Crippen LogP contribution is 2.23. The number of nitrogens with two attached hydrogens (primary N) is 1. The molecule has 2 N–H and O–H groups in total. The summed E-state index contributed by atoms with van der Waals surface area (Å²) in [5, 5.41) is 5.22. The fraction of sp³-hybridized carbons (Fsp3) is 0.273. The molecule has 0 saturated carbocycles. The summed E-state index contributed by atoms with van der Waals surface area (Å²) in [5.41, 5.74) is 6.93. The second-order valence-electron chi connectivity index (χ2n) is 3.81. The van der Waals surface area contributed by atoms with Crippen LogP contribution in [-0.2, 0) is 0 Å². The molecule has 4 nitrogen and oxygen atoms in total. The Morgan fingerprint density at radius 1 is 1.40 bits per heavy atom. The number of primary amides is 1. The van der Waals surface area contributed by atoms with Gasteiger partial charge < -0.3 is 5.73 Å². The first-order valence-electron chi connectivity index (χ1n) is 4.88. The number of nitrogens with zero attached hydrogens (tertiary/aromatic N) is 2. The Bertz CT molecular complexity index is 514. The van der Waals surface area contributed by atoms with Crippen LogP contribution < -0.4 is 5.73 Å². The van der Waals surface area contributed by atoms with Crippen molar-refractivity contribution in [1.29, 1.82) is 0 Å². The fourth-order valence-corrected chi connectivity index (χ4v) is 1.68. The van der Waals surface area contributed by atoms with Crippen molar-refractivity contribution >= 4 is 16.9 Å². The van der Waals surface area contributed by atoms with Crippen LogP contribution in [0.2, 0.25) is 0 Å². The molecule has 0 spiro atoms. The summed E-state index contributed by atoms with van der Waals surface area (Å²) in [5.74, 6) is 0.274. The van der Waals surface area contributed by atoms with Crippen molar-refractivity contribution in [1.82, 2.24) is 9.78 Å². The van der Waals surface area contributed by atoms with Gasteiger partial charge >= 0.3 is 6.03 Å². The largest absolute Gasteiger partial charge is 0.350 e. The highest BCUT2D eigenvalue weighted by Gasteiger charge is 2.14. The highest BCUT2D eigenvalue weighted by molar-refractivity contribution is 5.91. The fourth-order valence-electron chi connectivity index (χ4n) is 1.68. The molecule has 0 radical (unpaired) electrons. The molecule has 4 heteroatoms. The molecule has 1 aromatic carbocycles. The van der Waals surface area contributed by atoms with E-state index in [9.17, 15) is 4.79 Å². The van der Waals surface area contributed by atoms with E-state index in [0.717, 1.165) is 16.6 Å². The van der Waals surface area contributed by atoms with Crippen molar-refractivity contribution in [3.05, 3.63) is 30.0 Å². The van der Waals surface area contributed by atoms with Crippen LogP contribution in [0, 0.1) is 0 Å². The lowest BCUT2D eigenvalue weighted by Gasteiger charge is -1.98. The monoisotopic (exact) mass is 203 g/mol. The minimum Gasteiger partial charge on any atom is -0.350 e. The molecular weight excluding hydrogens is 190 g/mol. The van der Waals surface area contributed by atoms with Crippen LogP contribution in [0.4, 0.5) is 4.79 Å². The molecule has 0 saturated heterocycles. The van der Waals surface area contributed by atoms with Crippen LogP contribution in [0.15, 0.2) is 24.3 Å². The molecule has 0 aliphatic carbocycles. The summed E-state index contributed by atoms with van der Waals surface area (Å²) in [6, 6.07) is 7.06. The van der Waals surface area contributed by atoms with Crippen molar-refractivity contribution in [2.75, 3.05) is 0 Å². The Morgan fingerprint density at radius 3 is 2.67 bits per heavy atom. The Balaban J connectivity index is 2.79. The zero-order valence-electron chi connectivity index (χ0n) is 8.77. The minimum atomic E-state index is -0.543. The van der Waals surface area contributed by atoms with Gasteiger partial charge in [-0.15, -0.1) is 0 Å². The van der Waals surface area contributed by atoms with Crippen LogP contribution in [0.5, 0.6) is 0 Å². The van der Waals surface area contributed by atoms with Gasteiger partial charge in [0.05, 0.1) is 11.2 Å². The summed E-state index contributed by atoms with van der Waals surface area (Å²) >= 11 is 0. The lowest BCUT2D eigenvalue weighted by atomic mass is 10.1. The molecular formula is C11H13N3O. The quantitative estimate of drug-likeness (QED) is 0.771. The Morgan fingerprint density at radius 2 is 2.07 bits per heavy atom. The number of rotatable bonds is 1. The van der Waals surface area contributed by atoms with E-state index in [0.29, 0.717) is 0 Å². The average Bonchev–Trinajstić information content (AvgIpc) is 2.56. The van der Waals surface area contributed by atoms with Crippen molar-refractivity contribution in [3.63, 3.8) is 0 Å². The van der Waals surface area contributed by atoms with Crippen LogP contribution in [0.1, 0.15) is 25.5 Å². The van der Waals surface area contributed by atoms with Crippen LogP contribution in [0.3, 0.4) is 0 Å². The number of carbonyl (C=O) groups is 1. The highest BCUT2D eigenvalue weighted by atomic mass is 16.2. The van der Waals surface area contributed by atoms with E-state index >= 15 is 0 Å². The zero-order valence-corrected chi connectivity index (χ0v) is 8.77. The van der Waals surface area contributed by atoms with E-state index in [1.54, 1.807) is 0 Å². The number of aromatic nitrogens is 2. The van der Waals surface area contributed by atoms with Crippen molar-refractivity contribution in [2.24, 2.45) is 5.73 Å². The van der Waals surface area contributed by atoms with Gasteiger partial charge in [-0.05, 0) is 12.0 Å². The van der Waals surface area contributed by atoms with Gasteiger partial charge in [-0.1, -0.05) is 32.0 Å². The maximum Gasteiger partial charge on any atom is 0.340 e. The predicted molar refractivity (Wildman–Crippen MR) is 58.8 cm³/mol. The number of carbonyl (C=O) groups excluding carboxylic acids is 1. The lowest BCUT2D eigenvalue weighted by molar-refractivity contribution is 0.248. The van der Waals surface area contributed by atoms with Gasteiger partial charge in [0.15, 0.2) is 0 Å². The Hall–Kier alpha value is -1.84. The van der Waals surface area contributed by atoms with Crippen molar-refractivity contribution in [3.8, 4) is 0 Å². The third-order valence-electron chi connectivity index (χ3n) is 2.37. The molecule has 1 amide bonds. The number of hydrogen-bond donors (Lipinski definition) is 1. The normalized spacial score (nSPS) is 11.1. The number of benzene rings is 1. The van der Waals surface area contributed by atoms with Crippen LogP contribution >= 0.6 is 0 Å². The average molecular weight is 203 g/mol. The summed E-state index contributed by atoms with van der Waals surface area (Å²) < 4.78 is 1.25. The second-order valence-corrected chi connectivity index (χ2v) is 3.81. The SMILES string of the molecule is CC(C)c1nn(C(N)=O)c2ccccc12. The third-order valence-corrected chi connectivity index (χ3v) is 2.37. The zero-order chi connectivity index (χ0) is 11.0. The topological polar surface area (TPSA) is 60.9 Å². The molecule has 15 heavy (non-hydrogen) atoms. The van der Waals surface area contributed by atoms with Gasteiger partial charge in [-0.25, -0.2) is 4.79 Å². The van der Waals surface area contributed by atoms with Gasteiger partial charge in [-0.3, -0.25) is 0 Å². The molecule has 0 aliphatic heterocycles. The molecule has 2 aromatic rings. The molecule has 0 unspecified atom stereocenters. The van der Waals surface area contributed by atoms with Crippen LogP contribution in [0.25, 0.3) is 10.9 Å². The van der Waals surface area contributed by atoms with Crippen molar-refractivity contribution in [2.45, 2.75) is 19.8 Å². The van der Waals surface area contributed by atoms with E-state index in [-0.39, 0.29) is 5.92 Å². The number of amides is 1. The number of hydrogen-bond acceptors (Lipinski definition) is 2. The summed E-state index contributed by atoms with van der Waals surface area (Å²) in [6.07, 6.45) is 0. The molecule has 0 bridgehead atoms. The molecule has 78 valence electrons. The Kier molecular flexibility index (Phi) is 2.19. The van der Waals surface area contributed by atoms with E-state index < -0.39 is 6.03 Å². The maximum atomic E-state index is 11.2. The van der Waals surface area contributed by atoms with Gasteiger partial charge in [0.25, 0.3) is 0 Å². The molecule has 1 aromatic heterocycles. The van der Waals surface area contributed by atoms with Gasteiger partial charge in [0.1, 0.15) is 0 Å². The summed E-state index contributed by atoms with van der Waals surface area (Å²) in [4.78, 5) is 11.2. The van der Waals surface area contributed by atoms with Crippen LogP contribution in [-0.4, -0.2) is 15.8 Å². The van der Waals surface area contributed by atoms with E-state index in [1.807, 2.05) is 38.1 Å². The first kappa shape index (κ1) is 9.71. The number of fused-ring (bicyclic) bond motifs is 1. The van der Waals surface area contributed by atoms with Gasteiger partial charge in [-0.2, -0.15) is 9.78 Å². The lowest BCUT2D eigenvalue weighted by Crippen LogP contribution is -2.20. The van der Waals surface area contributed by atoms with Gasteiger partial charge in [0.2, 0.25) is 0 Å². The molecule has 0 atom stereocenters. The summed E-state index contributed by atoms with van der Waals surface area (Å²) in [6.45, 7) is 4.08. The Labute approximate surface area is 87.7 Å². The third kappa shape index (κ3) is 1.48. The van der Waals surface area contributed by atoms with Gasteiger partial charge in [0, 0.05) is 5.39 Å². The maximum absolute atomic E-state index is 11.2. The molecule has 2 rings (SSSR count). The number of para-hydroxylation sites is 1. The standard InChI is InChI=1S/C11H13N3O/c1-7(2)10-8-5-3-4-6-9(8)14(13-10)11(12)15/h3-7H,1-2H3,(H2,12,15). The molecule has 0 aliphatic rings. The van der Waals surface area contributed by atoms with Crippen molar-refractivity contribution < 1.29 is 4.79 Å². The first-order chi connectivity index (χ1) is 7.11. The predicted octanol–water partition coefficient (Wildman–Crippen LogP) is 2.09. The van der Waals surface area contributed by atoms with E-state index in [1.165, 1.54) is 4.68 Å². The van der Waals surface area contributed by atoms with E-state index in [4.69, 9.17) is 5.73 Å². The second kappa shape index (κ2) is 3.38. The van der Waals surface area contributed by atoms with E-state index in [2.05, 4.69) is 5.10 Å². The first-order valence-corrected chi connectivity index (χ1v) is 4.88. The molecule has 0 fully saturated rings. The summed E-state index contributed by atoms with van der Waals surface area (Å²) in [7, 11) is 0. The molecule has 1 heterocycles.